The van der Waals surface area contributed by atoms with E-state index >= 15 is 0 Å². The maximum atomic E-state index is 13.6. The Morgan fingerprint density at radius 3 is 2.32 bits per heavy atom. The summed E-state index contributed by atoms with van der Waals surface area (Å²) in [6.45, 7) is 11.4. The first-order valence-corrected chi connectivity index (χ1v) is 11.8. The highest BCUT2D eigenvalue weighted by Crippen LogP contribution is 2.24. The van der Waals surface area contributed by atoms with Gasteiger partial charge in [-0.25, -0.2) is 4.79 Å². The van der Waals surface area contributed by atoms with E-state index in [0.29, 0.717) is 12.1 Å². The number of nitrogens with zero attached hydrogens (tertiary/aromatic N) is 1. The van der Waals surface area contributed by atoms with Crippen molar-refractivity contribution in [3.05, 3.63) is 35.4 Å². The van der Waals surface area contributed by atoms with Crippen LogP contribution in [0.4, 0.5) is 4.79 Å². The predicted octanol–water partition coefficient (Wildman–Crippen LogP) is 2.96. The minimum atomic E-state index is -1.27. The van der Waals surface area contributed by atoms with Gasteiger partial charge in [-0.3, -0.25) is 14.4 Å². The summed E-state index contributed by atoms with van der Waals surface area (Å²) in [6.07, 6.45) is 1.55. The van der Waals surface area contributed by atoms with Crippen molar-refractivity contribution < 1.29 is 23.9 Å². The molecule has 0 bridgehead atoms. The van der Waals surface area contributed by atoms with Crippen LogP contribution < -0.4 is 16.4 Å². The fourth-order valence-electron chi connectivity index (χ4n) is 3.51. The lowest BCUT2D eigenvalue weighted by Crippen LogP contribution is -2.54. The van der Waals surface area contributed by atoms with Crippen molar-refractivity contribution in [1.82, 2.24) is 15.5 Å². The molecule has 0 saturated heterocycles. The van der Waals surface area contributed by atoms with Crippen molar-refractivity contribution in [2.45, 2.75) is 84.9 Å². The Labute approximate surface area is 202 Å². The largest absolute Gasteiger partial charge is 0.444 e. The molecule has 1 aromatic carbocycles. The van der Waals surface area contributed by atoms with E-state index in [0.717, 1.165) is 24.8 Å². The summed E-state index contributed by atoms with van der Waals surface area (Å²) >= 11 is 0. The van der Waals surface area contributed by atoms with E-state index in [1.54, 1.807) is 33.8 Å². The Morgan fingerprint density at radius 2 is 1.79 bits per heavy atom. The van der Waals surface area contributed by atoms with Gasteiger partial charge in [0, 0.05) is 13.1 Å². The summed E-state index contributed by atoms with van der Waals surface area (Å²) in [5.41, 5.74) is 6.13. The molecule has 9 heteroatoms. The molecule has 4 amide bonds. The molecule has 0 radical (unpaired) electrons. The fourth-order valence-corrected chi connectivity index (χ4v) is 3.51. The third-order valence-corrected chi connectivity index (χ3v) is 5.02. The summed E-state index contributed by atoms with van der Waals surface area (Å²) in [4.78, 5) is 52.2. The Balaban J connectivity index is 3.28. The zero-order valence-electron chi connectivity index (χ0n) is 21.3. The Hall–Kier alpha value is -3.10. The van der Waals surface area contributed by atoms with Gasteiger partial charge in [0.1, 0.15) is 17.7 Å². The second-order valence-electron chi connectivity index (χ2n) is 9.31. The van der Waals surface area contributed by atoms with E-state index < -0.39 is 42.0 Å². The van der Waals surface area contributed by atoms with Gasteiger partial charge < -0.3 is 26.0 Å². The highest BCUT2D eigenvalue weighted by atomic mass is 16.6. The van der Waals surface area contributed by atoms with Crippen molar-refractivity contribution in [2.24, 2.45) is 5.73 Å². The van der Waals surface area contributed by atoms with Crippen molar-refractivity contribution in [3.8, 4) is 0 Å². The van der Waals surface area contributed by atoms with Crippen molar-refractivity contribution in [1.29, 1.82) is 0 Å². The molecule has 1 aromatic rings. The number of carbonyl (C=O) groups is 4. The highest BCUT2D eigenvalue weighted by Gasteiger charge is 2.36. The van der Waals surface area contributed by atoms with Crippen LogP contribution in [0.2, 0.25) is 0 Å². The standard InChI is InChI=1S/C25H40N4O5/c1-7-9-10-14-27-22(31)21(18-13-11-12-17(3)15-18)29(8-2)23(32)19(16-20(26)30)28-24(33)34-25(4,5)6/h11-13,15,19,21H,7-10,14,16H2,1-6H3,(H2,26,30)(H,27,31)(H,28,33). The monoisotopic (exact) mass is 476 g/mol. The number of nitrogens with two attached hydrogens (primary N) is 1. The Morgan fingerprint density at radius 1 is 1.12 bits per heavy atom. The van der Waals surface area contributed by atoms with E-state index in [1.165, 1.54) is 4.90 Å². The van der Waals surface area contributed by atoms with Gasteiger partial charge in [-0.1, -0.05) is 49.6 Å². The van der Waals surface area contributed by atoms with Gasteiger partial charge >= 0.3 is 6.09 Å². The SMILES string of the molecule is CCCCCNC(=O)C(c1cccc(C)c1)N(CC)C(=O)C(CC(N)=O)NC(=O)OC(C)(C)C. The number of likely N-dealkylation sites (N-methyl/N-ethyl adjacent to an activating group) is 1. The number of unbranched alkanes of at least 4 members (excludes halogenated alkanes) is 2. The molecule has 2 unspecified atom stereocenters. The molecule has 0 aliphatic carbocycles. The summed E-state index contributed by atoms with van der Waals surface area (Å²) in [6, 6.07) is 5.14. The molecule has 2 atom stereocenters. The molecule has 0 aliphatic rings. The highest BCUT2D eigenvalue weighted by molar-refractivity contribution is 5.94. The summed E-state index contributed by atoms with van der Waals surface area (Å²) in [5, 5.41) is 5.37. The third kappa shape index (κ3) is 9.80. The van der Waals surface area contributed by atoms with Crippen LogP contribution in [0.25, 0.3) is 0 Å². The number of nitrogens with one attached hydrogen (secondary N) is 2. The lowest BCUT2D eigenvalue weighted by molar-refractivity contribution is -0.143. The minimum absolute atomic E-state index is 0.172. The Bertz CT molecular complexity index is 850. The predicted molar refractivity (Wildman–Crippen MR) is 131 cm³/mol. The summed E-state index contributed by atoms with van der Waals surface area (Å²) < 4.78 is 5.25. The molecule has 0 fully saturated rings. The fraction of sp³-hybridized carbons (Fsp3) is 0.600. The lowest BCUT2D eigenvalue weighted by atomic mass is 10.0. The van der Waals surface area contributed by atoms with Crippen molar-refractivity contribution in [3.63, 3.8) is 0 Å². The molecule has 4 N–H and O–H groups in total. The molecule has 0 aliphatic heterocycles. The first-order valence-electron chi connectivity index (χ1n) is 11.8. The van der Waals surface area contributed by atoms with Gasteiger partial charge in [-0.2, -0.15) is 0 Å². The van der Waals surface area contributed by atoms with Gasteiger partial charge in [0.25, 0.3) is 0 Å². The molecule has 190 valence electrons. The molecule has 0 aromatic heterocycles. The van der Waals surface area contributed by atoms with Crippen molar-refractivity contribution in [2.75, 3.05) is 13.1 Å². The molecule has 0 spiro atoms. The third-order valence-electron chi connectivity index (χ3n) is 5.02. The van der Waals surface area contributed by atoms with Crippen LogP contribution in [-0.2, 0) is 19.1 Å². The average molecular weight is 477 g/mol. The van der Waals surface area contributed by atoms with Crippen LogP contribution in [0.1, 0.15) is 77.5 Å². The first-order chi connectivity index (χ1) is 15.9. The molecule has 0 heterocycles. The summed E-state index contributed by atoms with van der Waals surface area (Å²) in [7, 11) is 0. The quantitative estimate of drug-likeness (QED) is 0.399. The van der Waals surface area contributed by atoms with Crippen LogP contribution in [-0.4, -0.2) is 53.4 Å². The average Bonchev–Trinajstić information content (AvgIpc) is 2.72. The topological polar surface area (TPSA) is 131 Å². The number of benzene rings is 1. The second kappa shape index (κ2) is 13.6. The van der Waals surface area contributed by atoms with Crippen LogP contribution in [0, 0.1) is 6.92 Å². The van der Waals surface area contributed by atoms with Gasteiger partial charge in [0.05, 0.1) is 6.42 Å². The van der Waals surface area contributed by atoms with Crippen LogP contribution in [0.3, 0.4) is 0 Å². The van der Waals surface area contributed by atoms with E-state index in [2.05, 4.69) is 17.6 Å². The normalized spacial score (nSPS) is 12.9. The number of carbonyl (C=O) groups excluding carboxylic acids is 4. The maximum Gasteiger partial charge on any atom is 0.408 e. The van der Waals surface area contributed by atoms with E-state index in [1.807, 2.05) is 25.1 Å². The van der Waals surface area contributed by atoms with Crippen molar-refractivity contribution >= 4 is 23.8 Å². The summed E-state index contributed by atoms with van der Waals surface area (Å²) in [5.74, 6) is -1.68. The Kier molecular flexibility index (Phi) is 11.5. The van der Waals surface area contributed by atoms with Gasteiger partial charge in [0.15, 0.2) is 0 Å². The number of hydrogen-bond donors (Lipinski definition) is 3. The molecular weight excluding hydrogens is 436 g/mol. The number of rotatable bonds is 12. The zero-order chi connectivity index (χ0) is 25.9. The van der Waals surface area contributed by atoms with E-state index in [-0.39, 0.29) is 12.5 Å². The number of hydrogen-bond acceptors (Lipinski definition) is 5. The smallest absolute Gasteiger partial charge is 0.408 e. The molecular formula is C25H40N4O5. The van der Waals surface area contributed by atoms with Gasteiger partial charge in [-0.15, -0.1) is 0 Å². The molecule has 0 saturated carbocycles. The number of amides is 4. The number of aryl methyl sites for hydroxylation is 1. The molecule has 34 heavy (non-hydrogen) atoms. The van der Waals surface area contributed by atoms with Crippen LogP contribution in [0.5, 0.6) is 0 Å². The van der Waals surface area contributed by atoms with Crippen LogP contribution in [0.15, 0.2) is 24.3 Å². The number of ether oxygens (including phenoxy) is 1. The maximum absolute atomic E-state index is 13.6. The van der Waals surface area contributed by atoms with E-state index in [4.69, 9.17) is 10.5 Å². The second-order valence-corrected chi connectivity index (χ2v) is 9.31. The van der Waals surface area contributed by atoms with Crippen LogP contribution >= 0.6 is 0 Å². The molecule has 1 rings (SSSR count). The zero-order valence-corrected chi connectivity index (χ0v) is 21.3. The lowest BCUT2D eigenvalue weighted by Gasteiger charge is -2.33. The van der Waals surface area contributed by atoms with Gasteiger partial charge in [0.2, 0.25) is 17.7 Å². The number of primary amides is 1. The van der Waals surface area contributed by atoms with Gasteiger partial charge in [-0.05, 0) is 46.6 Å². The number of alkyl carbamates (subject to hydrolysis) is 1. The van der Waals surface area contributed by atoms with E-state index in [9.17, 15) is 19.2 Å². The first kappa shape index (κ1) is 28.9. The minimum Gasteiger partial charge on any atom is -0.444 e. The molecule has 9 nitrogen and oxygen atoms in total.